The smallest absolute Gasteiger partial charge is 0.250 e. The third kappa shape index (κ3) is 2.29. The summed E-state index contributed by atoms with van der Waals surface area (Å²) in [5.74, 6) is -0.171. The molecule has 0 radical (unpaired) electrons. The molecule has 4 heteroatoms. The van der Waals surface area contributed by atoms with E-state index in [4.69, 9.17) is 11.5 Å². The van der Waals surface area contributed by atoms with Crippen molar-refractivity contribution in [3.63, 3.8) is 0 Å². The van der Waals surface area contributed by atoms with Gasteiger partial charge in [-0.15, -0.1) is 0 Å². The van der Waals surface area contributed by atoms with Gasteiger partial charge in [-0.05, 0) is 17.5 Å². The molecule has 0 aliphatic carbocycles. The van der Waals surface area contributed by atoms with Gasteiger partial charge in [0.15, 0.2) is 0 Å². The van der Waals surface area contributed by atoms with E-state index in [1.807, 2.05) is 13.8 Å². The molecule has 1 heterocycles. The van der Waals surface area contributed by atoms with Gasteiger partial charge >= 0.3 is 0 Å². The maximum absolute atomic E-state index is 10.9. The van der Waals surface area contributed by atoms with Crippen molar-refractivity contribution in [2.45, 2.75) is 19.9 Å². The van der Waals surface area contributed by atoms with Gasteiger partial charge in [-0.2, -0.15) is 0 Å². The Morgan fingerprint density at radius 1 is 1.43 bits per heavy atom. The van der Waals surface area contributed by atoms with E-state index in [0.717, 1.165) is 5.56 Å². The van der Waals surface area contributed by atoms with Crippen molar-refractivity contribution in [2.75, 3.05) is 0 Å². The van der Waals surface area contributed by atoms with Gasteiger partial charge in [-0.3, -0.25) is 9.78 Å². The Morgan fingerprint density at radius 3 is 2.57 bits per heavy atom. The van der Waals surface area contributed by atoms with E-state index in [2.05, 4.69) is 4.98 Å². The highest BCUT2D eigenvalue weighted by Crippen LogP contribution is 2.18. The predicted octanol–water partition coefficient (Wildman–Crippen LogP) is 0.836. The molecule has 0 spiro atoms. The highest BCUT2D eigenvalue weighted by Gasteiger charge is 2.12. The maximum Gasteiger partial charge on any atom is 0.250 e. The van der Waals surface area contributed by atoms with E-state index in [-0.39, 0.29) is 6.04 Å². The molecule has 0 fully saturated rings. The zero-order valence-corrected chi connectivity index (χ0v) is 8.40. The number of carbonyl (C=O) groups excluding carboxylic acids is 1. The number of hydrogen-bond acceptors (Lipinski definition) is 3. The lowest BCUT2D eigenvalue weighted by molar-refractivity contribution is 0.1000. The van der Waals surface area contributed by atoms with Crippen LogP contribution >= 0.6 is 0 Å². The summed E-state index contributed by atoms with van der Waals surface area (Å²) in [6, 6.07) is 1.58. The van der Waals surface area contributed by atoms with Gasteiger partial charge in [0.1, 0.15) is 0 Å². The van der Waals surface area contributed by atoms with Gasteiger partial charge in [0.05, 0.1) is 5.56 Å². The van der Waals surface area contributed by atoms with Crippen molar-refractivity contribution >= 4 is 5.91 Å². The minimum Gasteiger partial charge on any atom is -0.366 e. The first-order chi connectivity index (χ1) is 6.52. The summed E-state index contributed by atoms with van der Waals surface area (Å²) < 4.78 is 0. The fourth-order valence-corrected chi connectivity index (χ4v) is 1.16. The molecule has 1 atom stereocenters. The molecular formula is C10H15N3O. The Hall–Kier alpha value is -1.42. The summed E-state index contributed by atoms with van der Waals surface area (Å²) in [4.78, 5) is 14.8. The van der Waals surface area contributed by atoms with Gasteiger partial charge in [0.25, 0.3) is 0 Å². The molecule has 0 aliphatic rings. The number of rotatable bonds is 3. The van der Waals surface area contributed by atoms with Crippen LogP contribution in [-0.2, 0) is 0 Å². The monoisotopic (exact) mass is 193 g/mol. The Morgan fingerprint density at radius 2 is 2.07 bits per heavy atom. The van der Waals surface area contributed by atoms with Crippen LogP contribution in [0.2, 0.25) is 0 Å². The summed E-state index contributed by atoms with van der Waals surface area (Å²) >= 11 is 0. The highest BCUT2D eigenvalue weighted by atomic mass is 16.1. The number of nitrogens with zero attached hydrogens (tertiary/aromatic N) is 1. The van der Waals surface area contributed by atoms with Crippen LogP contribution in [0.5, 0.6) is 0 Å². The zero-order chi connectivity index (χ0) is 10.7. The van der Waals surface area contributed by atoms with Gasteiger partial charge in [0, 0.05) is 18.4 Å². The quantitative estimate of drug-likeness (QED) is 0.746. The molecule has 1 aromatic heterocycles. The van der Waals surface area contributed by atoms with E-state index < -0.39 is 5.91 Å². The van der Waals surface area contributed by atoms with Gasteiger partial charge < -0.3 is 11.5 Å². The first-order valence-corrected chi connectivity index (χ1v) is 4.52. The number of hydrogen-bond donors (Lipinski definition) is 2. The van der Waals surface area contributed by atoms with Crippen LogP contribution in [0, 0.1) is 5.92 Å². The minimum absolute atomic E-state index is 0.109. The molecule has 0 saturated carbocycles. The number of carbonyl (C=O) groups is 1. The third-order valence-corrected chi connectivity index (χ3v) is 2.15. The highest BCUT2D eigenvalue weighted by molar-refractivity contribution is 5.92. The van der Waals surface area contributed by atoms with Crippen LogP contribution in [0.1, 0.15) is 35.8 Å². The second-order valence-corrected chi connectivity index (χ2v) is 3.64. The second kappa shape index (κ2) is 4.19. The molecule has 4 N–H and O–H groups in total. The molecule has 76 valence electrons. The first-order valence-electron chi connectivity index (χ1n) is 4.52. The van der Waals surface area contributed by atoms with Crippen LogP contribution in [-0.4, -0.2) is 10.9 Å². The molecule has 0 aliphatic heterocycles. The Kier molecular flexibility index (Phi) is 3.19. The van der Waals surface area contributed by atoms with E-state index in [9.17, 15) is 4.79 Å². The number of nitrogens with two attached hydrogens (primary N) is 2. The molecule has 1 aromatic rings. The molecule has 0 saturated heterocycles. The van der Waals surface area contributed by atoms with Gasteiger partial charge in [-0.25, -0.2) is 0 Å². The van der Waals surface area contributed by atoms with Crippen LogP contribution in [0.15, 0.2) is 18.5 Å². The van der Waals surface area contributed by atoms with E-state index in [1.165, 1.54) is 6.20 Å². The van der Waals surface area contributed by atoms with Crippen LogP contribution in [0.4, 0.5) is 0 Å². The molecule has 1 rings (SSSR count). The lowest BCUT2D eigenvalue weighted by Gasteiger charge is -2.15. The van der Waals surface area contributed by atoms with Gasteiger partial charge in [-0.1, -0.05) is 13.8 Å². The number of pyridine rings is 1. The topological polar surface area (TPSA) is 82.0 Å². The molecule has 0 bridgehead atoms. The Bertz CT molecular complexity index is 336. The normalized spacial score (nSPS) is 12.9. The zero-order valence-electron chi connectivity index (χ0n) is 8.40. The van der Waals surface area contributed by atoms with Crippen molar-refractivity contribution in [1.29, 1.82) is 0 Å². The molecule has 4 nitrogen and oxygen atoms in total. The predicted molar refractivity (Wildman–Crippen MR) is 54.5 cm³/mol. The van der Waals surface area contributed by atoms with E-state index in [1.54, 1.807) is 12.3 Å². The lowest BCUT2D eigenvalue weighted by atomic mass is 9.97. The van der Waals surface area contributed by atoms with Crippen molar-refractivity contribution in [3.05, 3.63) is 29.6 Å². The molecular weight excluding hydrogens is 178 g/mol. The number of aromatic nitrogens is 1. The van der Waals surface area contributed by atoms with Gasteiger partial charge in [0.2, 0.25) is 5.91 Å². The van der Waals surface area contributed by atoms with E-state index in [0.29, 0.717) is 11.5 Å². The Labute approximate surface area is 83.3 Å². The average molecular weight is 193 g/mol. The van der Waals surface area contributed by atoms with Crippen LogP contribution in [0.3, 0.4) is 0 Å². The third-order valence-electron chi connectivity index (χ3n) is 2.15. The molecule has 14 heavy (non-hydrogen) atoms. The fraction of sp³-hybridized carbons (Fsp3) is 0.400. The minimum atomic E-state index is -0.477. The van der Waals surface area contributed by atoms with Crippen LogP contribution < -0.4 is 11.5 Å². The summed E-state index contributed by atoms with van der Waals surface area (Å²) in [5, 5.41) is 0. The van der Waals surface area contributed by atoms with Crippen molar-refractivity contribution in [1.82, 2.24) is 4.98 Å². The second-order valence-electron chi connectivity index (χ2n) is 3.64. The average Bonchev–Trinajstić information content (AvgIpc) is 2.16. The summed E-state index contributed by atoms with van der Waals surface area (Å²) in [5.41, 5.74) is 12.3. The molecule has 1 unspecified atom stereocenters. The lowest BCUT2D eigenvalue weighted by Crippen LogP contribution is -2.18. The molecule has 1 amide bonds. The summed E-state index contributed by atoms with van der Waals surface area (Å²) in [7, 11) is 0. The summed E-state index contributed by atoms with van der Waals surface area (Å²) in [6.07, 6.45) is 3.11. The fourth-order valence-electron chi connectivity index (χ4n) is 1.16. The number of amides is 1. The Balaban J connectivity index is 2.99. The summed E-state index contributed by atoms with van der Waals surface area (Å²) in [6.45, 7) is 4.03. The number of primary amides is 1. The van der Waals surface area contributed by atoms with Crippen molar-refractivity contribution in [3.8, 4) is 0 Å². The maximum atomic E-state index is 10.9. The standard InChI is InChI=1S/C10H15N3O/c1-6(2)9(11)7-3-8(10(12)14)5-13-4-7/h3-6,9H,11H2,1-2H3,(H2,12,14). The van der Waals surface area contributed by atoms with Crippen molar-refractivity contribution in [2.24, 2.45) is 17.4 Å². The van der Waals surface area contributed by atoms with Crippen molar-refractivity contribution < 1.29 is 4.79 Å². The SMILES string of the molecule is CC(C)C(N)c1cncc(C(N)=O)c1. The van der Waals surface area contributed by atoms with Crippen LogP contribution in [0.25, 0.3) is 0 Å². The largest absolute Gasteiger partial charge is 0.366 e. The first kappa shape index (κ1) is 10.7. The molecule has 0 aromatic carbocycles. The van der Waals surface area contributed by atoms with E-state index >= 15 is 0 Å².